The SMILES string of the molecule is COc1ccc(N2C(=O)c3ccc(C(=O)OC(C(=O)c4ccccc4)c4ccccc4)cc3C2=O)cc1. The van der Waals surface area contributed by atoms with Crippen molar-refractivity contribution in [2.75, 3.05) is 12.0 Å². The molecule has 0 fully saturated rings. The molecule has 7 nitrogen and oxygen atoms in total. The standard InChI is InChI=1S/C30H21NO6/c1-36-23-15-13-22(14-16-23)31-28(33)24-17-12-21(18-25(24)29(31)34)30(35)37-27(20-10-6-3-7-11-20)26(32)19-8-4-2-5-9-19/h2-18,27H,1H3. The first-order valence-corrected chi connectivity index (χ1v) is 11.5. The van der Waals surface area contributed by atoms with Gasteiger partial charge in [-0.05, 0) is 42.5 Å². The van der Waals surface area contributed by atoms with Gasteiger partial charge in [0.05, 0.1) is 29.5 Å². The van der Waals surface area contributed by atoms with Crippen molar-refractivity contribution in [1.82, 2.24) is 0 Å². The van der Waals surface area contributed by atoms with Gasteiger partial charge in [-0.2, -0.15) is 0 Å². The summed E-state index contributed by atoms with van der Waals surface area (Å²) in [5.41, 5.74) is 1.61. The monoisotopic (exact) mass is 491 g/mol. The van der Waals surface area contributed by atoms with Crippen LogP contribution < -0.4 is 9.64 Å². The first kappa shape index (κ1) is 23.7. The third kappa shape index (κ3) is 4.50. The lowest BCUT2D eigenvalue weighted by Crippen LogP contribution is -2.29. The maximum atomic E-state index is 13.2. The average molecular weight is 491 g/mol. The van der Waals surface area contributed by atoms with Gasteiger partial charge in [0.25, 0.3) is 11.8 Å². The molecule has 7 heteroatoms. The second-order valence-electron chi connectivity index (χ2n) is 8.33. The lowest BCUT2D eigenvalue weighted by Gasteiger charge is -2.17. The largest absolute Gasteiger partial charge is 0.497 e. The lowest BCUT2D eigenvalue weighted by molar-refractivity contribution is 0.0280. The van der Waals surface area contributed by atoms with Crippen LogP contribution in [0, 0.1) is 0 Å². The fourth-order valence-corrected chi connectivity index (χ4v) is 4.16. The molecule has 0 spiro atoms. The van der Waals surface area contributed by atoms with E-state index in [9.17, 15) is 19.2 Å². The molecule has 1 aliphatic heterocycles. The number of rotatable bonds is 7. The van der Waals surface area contributed by atoms with Crippen LogP contribution in [0.4, 0.5) is 5.69 Å². The van der Waals surface area contributed by atoms with E-state index >= 15 is 0 Å². The minimum absolute atomic E-state index is 0.0540. The van der Waals surface area contributed by atoms with E-state index < -0.39 is 23.9 Å². The summed E-state index contributed by atoms with van der Waals surface area (Å²) in [5, 5.41) is 0. The molecule has 1 heterocycles. The zero-order valence-electron chi connectivity index (χ0n) is 19.8. The van der Waals surface area contributed by atoms with E-state index in [-0.39, 0.29) is 22.5 Å². The summed E-state index contributed by atoms with van der Waals surface area (Å²) in [6, 6.07) is 27.9. The average Bonchev–Trinajstić information content (AvgIpc) is 3.21. The van der Waals surface area contributed by atoms with Crippen molar-refractivity contribution < 1.29 is 28.7 Å². The number of amides is 2. The van der Waals surface area contributed by atoms with Crippen LogP contribution in [0.2, 0.25) is 0 Å². The molecule has 5 rings (SSSR count). The minimum atomic E-state index is -1.18. The fourth-order valence-electron chi connectivity index (χ4n) is 4.16. The molecule has 4 aromatic rings. The molecule has 0 aliphatic carbocycles. The van der Waals surface area contributed by atoms with Gasteiger partial charge in [0.15, 0.2) is 6.10 Å². The van der Waals surface area contributed by atoms with Crippen molar-refractivity contribution >= 4 is 29.3 Å². The molecular formula is C30H21NO6. The Kier molecular flexibility index (Phi) is 6.34. The lowest BCUT2D eigenvalue weighted by atomic mass is 9.99. The predicted octanol–water partition coefficient (Wildman–Crippen LogP) is 5.28. The number of Topliss-reactive ketones (excluding diaryl/α,β-unsaturated/α-hetero) is 1. The Morgan fingerprint density at radius 2 is 1.32 bits per heavy atom. The van der Waals surface area contributed by atoms with Gasteiger partial charge in [-0.25, -0.2) is 9.69 Å². The maximum Gasteiger partial charge on any atom is 0.339 e. The highest BCUT2D eigenvalue weighted by Crippen LogP contribution is 2.31. The van der Waals surface area contributed by atoms with E-state index in [0.717, 1.165) is 4.90 Å². The van der Waals surface area contributed by atoms with Crippen LogP contribution >= 0.6 is 0 Å². The van der Waals surface area contributed by atoms with Crippen molar-refractivity contribution in [3.05, 3.63) is 131 Å². The Morgan fingerprint density at radius 1 is 0.703 bits per heavy atom. The molecule has 182 valence electrons. The first-order valence-electron chi connectivity index (χ1n) is 11.5. The number of nitrogens with zero attached hydrogens (tertiary/aromatic N) is 1. The second-order valence-corrected chi connectivity index (χ2v) is 8.33. The Bertz CT molecular complexity index is 1500. The Labute approximate surface area is 212 Å². The quantitative estimate of drug-likeness (QED) is 0.199. The fraction of sp³-hybridized carbons (Fsp3) is 0.0667. The second kappa shape index (κ2) is 9.91. The van der Waals surface area contributed by atoms with E-state index in [4.69, 9.17) is 9.47 Å². The number of benzene rings is 4. The topological polar surface area (TPSA) is 90.0 Å². The number of anilines is 1. The van der Waals surface area contributed by atoms with Crippen LogP contribution in [-0.2, 0) is 4.74 Å². The summed E-state index contributed by atoms with van der Waals surface area (Å²) in [6.07, 6.45) is -1.18. The minimum Gasteiger partial charge on any atom is -0.497 e. The van der Waals surface area contributed by atoms with Crippen molar-refractivity contribution in [3.63, 3.8) is 0 Å². The van der Waals surface area contributed by atoms with E-state index in [1.54, 1.807) is 84.9 Å². The maximum absolute atomic E-state index is 13.2. The number of ether oxygens (including phenoxy) is 2. The molecule has 1 atom stereocenters. The summed E-state index contributed by atoms with van der Waals surface area (Å²) in [6.45, 7) is 0. The van der Waals surface area contributed by atoms with Crippen molar-refractivity contribution in [1.29, 1.82) is 0 Å². The number of hydrogen-bond acceptors (Lipinski definition) is 6. The van der Waals surface area contributed by atoms with Gasteiger partial charge < -0.3 is 9.47 Å². The third-order valence-electron chi connectivity index (χ3n) is 6.08. The van der Waals surface area contributed by atoms with Crippen LogP contribution in [0.1, 0.15) is 53.1 Å². The summed E-state index contributed by atoms with van der Waals surface area (Å²) >= 11 is 0. The van der Waals surface area contributed by atoms with E-state index in [0.29, 0.717) is 22.6 Å². The smallest absolute Gasteiger partial charge is 0.339 e. The van der Waals surface area contributed by atoms with Gasteiger partial charge in [0.1, 0.15) is 5.75 Å². The number of hydrogen-bond donors (Lipinski definition) is 0. The van der Waals surface area contributed by atoms with E-state index in [1.807, 2.05) is 0 Å². The van der Waals surface area contributed by atoms with Crippen LogP contribution in [0.25, 0.3) is 0 Å². The van der Waals surface area contributed by atoms with Gasteiger partial charge >= 0.3 is 5.97 Å². The van der Waals surface area contributed by atoms with Crippen molar-refractivity contribution in [2.45, 2.75) is 6.10 Å². The van der Waals surface area contributed by atoms with Crippen molar-refractivity contribution in [3.8, 4) is 5.75 Å². The summed E-state index contributed by atoms with van der Waals surface area (Å²) in [4.78, 5) is 53.6. The Balaban J connectivity index is 1.43. The number of fused-ring (bicyclic) bond motifs is 1. The summed E-state index contributed by atoms with van der Waals surface area (Å²) in [7, 11) is 1.52. The molecule has 0 aromatic heterocycles. The molecule has 4 aromatic carbocycles. The molecular weight excluding hydrogens is 470 g/mol. The summed E-state index contributed by atoms with van der Waals surface area (Å²) in [5.74, 6) is -1.63. The zero-order chi connectivity index (χ0) is 25.9. The van der Waals surface area contributed by atoms with Crippen LogP contribution in [0.5, 0.6) is 5.75 Å². The normalized spacial score (nSPS) is 13.2. The van der Waals surface area contributed by atoms with Gasteiger partial charge in [0, 0.05) is 11.1 Å². The number of carbonyl (C=O) groups is 4. The molecule has 1 aliphatic rings. The number of imide groups is 1. The van der Waals surface area contributed by atoms with Crippen molar-refractivity contribution in [2.24, 2.45) is 0 Å². The number of methoxy groups -OCH3 is 1. The number of ketones is 1. The Morgan fingerprint density at radius 3 is 1.97 bits per heavy atom. The van der Waals surface area contributed by atoms with Gasteiger partial charge in [-0.3, -0.25) is 14.4 Å². The highest BCUT2D eigenvalue weighted by molar-refractivity contribution is 6.34. The molecule has 2 amide bonds. The van der Waals surface area contributed by atoms with Crippen LogP contribution in [0.15, 0.2) is 103 Å². The summed E-state index contributed by atoms with van der Waals surface area (Å²) < 4.78 is 10.8. The van der Waals surface area contributed by atoms with E-state index in [1.165, 1.54) is 25.3 Å². The van der Waals surface area contributed by atoms with Crippen LogP contribution in [-0.4, -0.2) is 30.7 Å². The molecule has 37 heavy (non-hydrogen) atoms. The molecule has 0 N–H and O–H groups in total. The molecule has 1 unspecified atom stereocenters. The molecule has 0 radical (unpaired) electrons. The predicted molar refractivity (Wildman–Crippen MR) is 136 cm³/mol. The van der Waals surface area contributed by atoms with Gasteiger partial charge in [-0.1, -0.05) is 60.7 Å². The molecule has 0 saturated carbocycles. The molecule has 0 bridgehead atoms. The number of carbonyl (C=O) groups excluding carboxylic acids is 4. The molecule has 0 saturated heterocycles. The van der Waals surface area contributed by atoms with Gasteiger partial charge in [0.2, 0.25) is 5.78 Å². The zero-order valence-corrected chi connectivity index (χ0v) is 19.8. The highest BCUT2D eigenvalue weighted by atomic mass is 16.5. The highest BCUT2D eigenvalue weighted by Gasteiger charge is 2.37. The van der Waals surface area contributed by atoms with Gasteiger partial charge in [-0.15, -0.1) is 0 Å². The van der Waals surface area contributed by atoms with E-state index in [2.05, 4.69) is 0 Å². The number of esters is 1. The third-order valence-corrected chi connectivity index (χ3v) is 6.08. The van der Waals surface area contributed by atoms with Crippen LogP contribution in [0.3, 0.4) is 0 Å². The Hall–Kier alpha value is -5.04. The first-order chi connectivity index (χ1) is 18.0.